The molecule has 0 atom stereocenters. The van der Waals surface area contributed by atoms with Crippen LogP contribution in [-0.4, -0.2) is 47.1 Å². The number of rotatable bonds is 7. The first-order chi connectivity index (χ1) is 16.6. The fourth-order valence-corrected chi connectivity index (χ4v) is 3.01. The summed E-state index contributed by atoms with van der Waals surface area (Å²) >= 11 is 0. The first kappa shape index (κ1) is 25.2. The highest BCUT2D eigenvalue weighted by molar-refractivity contribution is 5.94. The van der Waals surface area contributed by atoms with E-state index in [0.29, 0.717) is 0 Å². The predicted octanol–water partition coefficient (Wildman–Crippen LogP) is 3.28. The number of nitrogens with zero attached hydrogens (tertiary/aromatic N) is 2. The van der Waals surface area contributed by atoms with Gasteiger partial charge in [-0.3, -0.25) is 9.69 Å². The zero-order valence-electron chi connectivity index (χ0n) is 19.7. The van der Waals surface area contributed by atoms with Gasteiger partial charge in [0.1, 0.15) is 12.4 Å². The molecule has 0 aliphatic rings. The highest BCUT2D eigenvalue weighted by Gasteiger charge is 2.36. The number of H-pyrrole nitrogens is 1. The molecular formula is C25H25N3O7. The molecule has 0 fully saturated rings. The van der Waals surface area contributed by atoms with Gasteiger partial charge in [0, 0.05) is 7.05 Å². The first-order valence-electron chi connectivity index (χ1n) is 10.6. The van der Waals surface area contributed by atoms with Gasteiger partial charge >= 0.3 is 18.0 Å². The van der Waals surface area contributed by atoms with Crippen molar-refractivity contribution in [2.24, 2.45) is 0 Å². The molecule has 35 heavy (non-hydrogen) atoms. The van der Waals surface area contributed by atoms with Gasteiger partial charge in [-0.05, 0) is 31.5 Å². The molecule has 0 bridgehead atoms. The second-order valence-corrected chi connectivity index (χ2v) is 8.00. The summed E-state index contributed by atoms with van der Waals surface area (Å²) in [6, 6.07) is 17.1. The van der Waals surface area contributed by atoms with E-state index in [-0.39, 0.29) is 18.0 Å². The quantitative estimate of drug-likeness (QED) is 0.512. The van der Waals surface area contributed by atoms with Crippen LogP contribution in [0.1, 0.15) is 46.1 Å². The Labute approximate surface area is 201 Å². The minimum Gasteiger partial charge on any atom is -0.464 e. The summed E-state index contributed by atoms with van der Waals surface area (Å²) < 4.78 is 15.3. The van der Waals surface area contributed by atoms with E-state index in [4.69, 9.17) is 14.2 Å². The molecule has 182 valence electrons. The lowest BCUT2D eigenvalue weighted by Crippen LogP contribution is -2.45. The summed E-state index contributed by atoms with van der Waals surface area (Å²) in [6.07, 6.45) is -0.680. The molecule has 0 aliphatic heterocycles. The Morgan fingerprint density at radius 2 is 1.57 bits per heavy atom. The first-order valence-corrected chi connectivity index (χ1v) is 10.6. The van der Waals surface area contributed by atoms with E-state index in [1.807, 2.05) is 30.3 Å². The third kappa shape index (κ3) is 5.72. The van der Waals surface area contributed by atoms with Crippen LogP contribution in [0.4, 0.5) is 4.79 Å². The fraction of sp³-hybridized carbons (Fsp3) is 0.240. The summed E-state index contributed by atoms with van der Waals surface area (Å²) in [5, 5.41) is 0. The molecule has 3 aromatic rings. The van der Waals surface area contributed by atoms with Gasteiger partial charge in [-0.1, -0.05) is 48.5 Å². The molecule has 10 nitrogen and oxygen atoms in total. The SMILES string of the molecule is COC(=O)c1nc(C(C)(C)N(C)C(=O)OCc2ccccc2)[nH]c(=O)c1OC(=O)c1ccccc1. The van der Waals surface area contributed by atoms with Gasteiger partial charge in [-0.2, -0.15) is 0 Å². The van der Waals surface area contributed by atoms with E-state index in [0.717, 1.165) is 12.7 Å². The maximum absolute atomic E-state index is 12.9. The van der Waals surface area contributed by atoms with Crippen molar-refractivity contribution < 1.29 is 28.6 Å². The van der Waals surface area contributed by atoms with Gasteiger partial charge in [0.25, 0.3) is 5.56 Å². The van der Waals surface area contributed by atoms with Crippen molar-refractivity contribution in [1.82, 2.24) is 14.9 Å². The summed E-state index contributed by atoms with van der Waals surface area (Å²) in [4.78, 5) is 58.4. The predicted molar refractivity (Wildman–Crippen MR) is 125 cm³/mol. The van der Waals surface area contributed by atoms with Crippen molar-refractivity contribution in [3.8, 4) is 5.75 Å². The van der Waals surface area contributed by atoms with Crippen molar-refractivity contribution >= 4 is 18.0 Å². The van der Waals surface area contributed by atoms with E-state index in [9.17, 15) is 19.2 Å². The highest BCUT2D eigenvalue weighted by atomic mass is 16.6. The number of hydrogen-bond donors (Lipinski definition) is 1. The fourth-order valence-electron chi connectivity index (χ4n) is 3.01. The number of aromatic nitrogens is 2. The van der Waals surface area contributed by atoms with Gasteiger partial charge < -0.3 is 19.2 Å². The van der Waals surface area contributed by atoms with Crippen LogP contribution in [0.3, 0.4) is 0 Å². The number of benzene rings is 2. The average molecular weight is 479 g/mol. The number of esters is 2. The molecule has 1 aromatic heterocycles. The molecule has 1 heterocycles. The minimum absolute atomic E-state index is 0.0402. The minimum atomic E-state index is -1.22. The molecule has 0 spiro atoms. The number of hydrogen-bond acceptors (Lipinski definition) is 8. The summed E-state index contributed by atoms with van der Waals surface area (Å²) in [6.45, 7) is 3.25. The number of nitrogens with one attached hydrogen (secondary N) is 1. The Balaban J connectivity index is 1.89. The van der Waals surface area contributed by atoms with Gasteiger partial charge in [0.15, 0.2) is 5.69 Å². The number of methoxy groups -OCH3 is 1. The third-order valence-electron chi connectivity index (χ3n) is 5.36. The molecule has 2 aromatic carbocycles. The van der Waals surface area contributed by atoms with E-state index in [1.54, 1.807) is 32.0 Å². The molecule has 1 amide bonds. The summed E-state index contributed by atoms with van der Waals surface area (Å²) in [5.41, 5.74) is -1.64. The molecule has 1 N–H and O–H groups in total. The third-order valence-corrected chi connectivity index (χ3v) is 5.36. The van der Waals surface area contributed by atoms with Crippen molar-refractivity contribution in [3.63, 3.8) is 0 Å². The summed E-state index contributed by atoms with van der Waals surface area (Å²) in [5.74, 6) is -2.49. The van der Waals surface area contributed by atoms with Crippen LogP contribution in [0.5, 0.6) is 5.75 Å². The van der Waals surface area contributed by atoms with E-state index >= 15 is 0 Å². The average Bonchev–Trinajstić information content (AvgIpc) is 2.88. The zero-order chi connectivity index (χ0) is 25.6. The van der Waals surface area contributed by atoms with Gasteiger partial charge in [0.2, 0.25) is 5.75 Å². The Morgan fingerprint density at radius 3 is 2.17 bits per heavy atom. The number of carbonyl (C=O) groups is 3. The highest BCUT2D eigenvalue weighted by Crippen LogP contribution is 2.26. The Kier molecular flexibility index (Phi) is 7.65. The second-order valence-electron chi connectivity index (χ2n) is 8.00. The van der Waals surface area contributed by atoms with Gasteiger partial charge in [-0.15, -0.1) is 0 Å². The Hall–Kier alpha value is -4.47. The molecule has 10 heteroatoms. The van der Waals surface area contributed by atoms with E-state index in [2.05, 4.69) is 9.97 Å². The van der Waals surface area contributed by atoms with Crippen LogP contribution < -0.4 is 10.3 Å². The molecule has 0 saturated carbocycles. The van der Waals surface area contributed by atoms with Crippen LogP contribution >= 0.6 is 0 Å². The van der Waals surface area contributed by atoms with Gasteiger partial charge in [-0.25, -0.2) is 19.4 Å². The maximum Gasteiger partial charge on any atom is 0.410 e. The van der Waals surface area contributed by atoms with Crippen LogP contribution in [-0.2, 0) is 21.6 Å². The molecular weight excluding hydrogens is 454 g/mol. The van der Waals surface area contributed by atoms with Crippen molar-refractivity contribution in [2.45, 2.75) is 26.0 Å². The number of amides is 1. The monoisotopic (exact) mass is 479 g/mol. The van der Waals surface area contributed by atoms with E-state index < -0.39 is 40.6 Å². The van der Waals surface area contributed by atoms with Crippen LogP contribution in [0, 0.1) is 0 Å². The van der Waals surface area contributed by atoms with Gasteiger partial charge in [0.05, 0.1) is 18.2 Å². The Morgan fingerprint density at radius 1 is 0.971 bits per heavy atom. The largest absolute Gasteiger partial charge is 0.464 e. The van der Waals surface area contributed by atoms with Crippen molar-refractivity contribution in [2.75, 3.05) is 14.2 Å². The zero-order valence-corrected chi connectivity index (χ0v) is 19.7. The standard InChI is InChI=1S/C25H25N3O7/c1-25(2,28(3)24(32)34-15-16-11-7-5-8-12-16)23-26-18(22(31)33-4)19(20(29)27-23)35-21(30)17-13-9-6-10-14-17/h5-14H,15H2,1-4H3,(H,26,27,29). The number of ether oxygens (including phenoxy) is 3. The van der Waals surface area contributed by atoms with Crippen LogP contribution in [0.25, 0.3) is 0 Å². The molecule has 3 rings (SSSR count). The Bertz CT molecular complexity index is 1270. The molecule has 0 saturated heterocycles. The maximum atomic E-state index is 12.9. The topological polar surface area (TPSA) is 128 Å². The lowest BCUT2D eigenvalue weighted by molar-refractivity contribution is 0.0578. The molecule has 0 aliphatic carbocycles. The lowest BCUT2D eigenvalue weighted by Gasteiger charge is -2.33. The van der Waals surface area contributed by atoms with Crippen molar-refractivity contribution in [3.05, 3.63) is 93.7 Å². The van der Waals surface area contributed by atoms with Crippen LogP contribution in [0.2, 0.25) is 0 Å². The normalized spacial score (nSPS) is 10.9. The van der Waals surface area contributed by atoms with E-state index in [1.165, 1.54) is 24.1 Å². The molecule has 0 unspecified atom stereocenters. The molecule has 0 radical (unpaired) electrons. The second kappa shape index (κ2) is 10.6. The van der Waals surface area contributed by atoms with Crippen molar-refractivity contribution in [1.29, 1.82) is 0 Å². The van der Waals surface area contributed by atoms with Crippen LogP contribution in [0.15, 0.2) is 65.5 Å². The smallest absolute Gasteiger partial charge is 0.410 e. The number of carbonyl (C=O) groups excluding carboxylic acids is 3. The number of aromatic amines is 1. The lowest BCUT2D eigenvalue weighted by atomic mass is 10.0. The summed E-state index contributed by atoms with van der Waals surface area (Å²) in [7, 11) is 2.57.